The Morgan fingerprint density at radius 1 is 1.47 bits per heavy atom. The zero-order valence-electron chi connectivity index (χ0n) is 10.4. The van der Waals surface area contributed by atoms with Crippen molar-refractivity contribution < 1.29 is 12.8 Å². The van der Waals surface area contributed by atoms with Crippen LogP contribution in [0.5, 0.6) is 0 Å². The fourth-order valence-electron chi connectivity index (χ4n) is 1.53. The van der Waals surface area contributed by atoms with Gasteiger partial charge >= 0.3 is 0 Å². The minimum Gasteiger partial charge on any atom is -0.389 e. The monoisotopic (exact) mass is 305 g/mol. The molecular weight excluding hydrogens is 289 g/mol. The fraction of sp³-hybridized carbons (Fsp3) is 0.364. The molecule has 106 valence electrons. The minimum atomic E-state index is -3.32. The van der Waals surface area contributed by atoms with E-state index in [9.17, 15) is 12.8 Å². The Bertz CT molecular complexity index is 561. The molecule has 5 nitrogen and oxygen atoms in total. The van der Waals surface area contributed by atoms with E-state index < -0.39 is 15.8 Å². The number of anilines is 1. The number of halogens is 1. The Morgan fingerprint density at radius 3 is 2.74 bits per heavy atom. The average Bonchev–Trinajstić information content (AvgIpc) is 2.28. The van der Waals surface area contributed by atoms with E-state index in [0.29, 0.717) is 12.2 Å². The van der Waals surface area contributed by atoms with Crippen LogP contribution in [-0.2, 0) is 10.0 Å². The van der Waals surface area contributed by atoms with Gasteiger partial charge in [-0.25, -0.2) is 17.5 Å². The molecule has 1 rings (SSSR count). The summed E-state index contributed by atoms with van der Waals surface area (Å²) in [5.41, 5.74) is 5.93. The van der Waals surface area contributed by atoms with E-state index in [1.165, 1.54) is 12.1 Å². The summed E-state index contributed by atoms with van der Waals surface area (Å²) in [5.74, 6) is -0.652. The van der Waals surface area contributed by atoms with Crippen LogP contribution in [0.2, 0.25) is 0 Å². The van der Waals surface area contributed by atoms with E-state index >= 15 is 0 Å². The first kappa shape index (κ1) is 15.8. The molecule has 0 atom stereocenters. The van der Waals surface area contributed by atoms with E-state index in [1.807, 2.05) is 0 Å². The molecule has 19 heavy (non-hydrogen) atoms. The molecule has 8 heteroatoms. The van der Waals surface area contributed by atoms with Crippen LogP contribution in [0, 0.1) is 5.82 Å². The Kier molecular flexibility index (Phi) is 5.64. The Hall–Kier alpha value is -1.25. The summed E-state index contributed by atoms with van der Waals surface area (Å²) in [5, 5.41) is 2.82. The van der Waals surface area contributed by atoms with E-state index in [2.05, 4.69) is 10.0 Å². The summed E-state index contributed by atoms with van der Waals surface area (Å²) >= 11 is 4.77. The van der Waals surface area contributed by atoms with Gasteiger partial charge in [-0.15, -0.1) is 0 Å². The summed E-state index contributed by atoms with van der Waals surface area (Å²) in [7, 11) is -3.32. The van der Waals surface area contributed by atoms with Gasteiger partial charge in [-0.1, -0.05) is 25.2 Å². The lowest BCUT2D eigenvalue weighted by atomic mass is 10.1. The lowest BCUT2D eigenvalue weighted by molar-refractivity contribution is 0.584. The molecule has 0 fully saturated rings. The SMILES string of the molecule is CCNS(=O)(=O)CCNc1cccc(F)c1C(N)=S. The lowest BCUT2D eigenvalue weighted by Gasteiger charge is -2.12. The van der Waals surface area contributed by atoms with Crippen LogP contribution in [0.3, 0.4) is 0 Å². The van der Waals surface area contributed by atoms with E-state index in [1.54, 1.807) is 13.0 Å². The highest BCUT2D eigenvalue weighted by Crippen LogP contribution is 2.18. The van der Waals surface area contributed by atoms with Crippen molar-refractivity contribution in [2.45, 2.75) is 6.92 Å². The van der Waals surface area contributed by atoms with Gasteiger partial charge in [0, 0.05) is 18.8 Å². The van der Waals surface area contributed by atoms with Crippen molar-refractivity contribution in [3.63, 3.8) is 0 Å². The van der Waals surface area contributed by atoms with Gasteiger partial charge < -0.3 is 11.1 Å². The minimum absolute atomic E-state index is 0.0739. The number of benzene rings is 1. The summed E-state index contributed by atoms with van der Waals surface area (Å²) < 4.78 is 38.8. The van der Waals surface area contributed by atoms with Crippen molar-refractivity contribution in [1.29, 1.82) is 0 Å². The number of nitrogens with one attached hydrogen (secondary N) is 2. The molecule has 0 aromatic heterocycles. The molecule has 0 aliphatic carbocycles. The van der Waals surface area contributed by atoms with Gasteiger partial charge in [0.25, 0.3) is 0 Å². The molecule has 0 amide bonds. The van der Waals surface area contributed by atoms with Crippen molar-refractivity contribution in [1.82, 2.24) is 4.72 Å². The molecule has 0 aliphatic rings. The third-order valence-corrected chi connectivity index (χ3v) is 3.98. The quantitative estimate of drug-likeness (QED) is 0.649. The normalized spacial score (nSPS) is 11.3. The van der Waals surface area contributed by atoms with Gasteiger partial charge in [0.1, 0.15) is 10.8 Å². The molecule has 0 saturated carbocycles. The largest absolute Gasteiger partial charge is 0.389 e. The first-order chi connectivity index (χ1) is 8.87. The summed E-state index contributed by atoms with van der Waals surface area (Å²) in [4.78, 5) is -0.0739. The maximum Gasteiger partial charge on any atom is 0.213 e. The zero-order chi connectivity index (χ0) is 14.5. The fourth-order valence-corrected chi connectivity index (χ4v) is 2.70. The van der Waals surface area contributed by atoms with E-state index in [-0.39, 0.29) is 22.8 Å². The van der Waals surface area contributed by atoms with Crippen molar-refractivity contribution in [3.8, 4) is 0 Å². The zero-order valence-corrected chi connectivity index (χ0v) is 12.1. The van der Waals surface area contributed by atoms with Gasteiger partial charge in [0.15, 0.2) is 0 Å². The van der Waals surface area contributed by atoms with E-state index in [0.717, 1.165) is 0 Å². The molecule has 0 bridgehead atoms. The molecule has 0 spiro atoms. The number of hydrogen-bond acceptors (Lipinski definition) is 4. The topological polar surface area (TPSA) is 84.2 Å². The smallest absolute Gasteiger partial charge is 0.213 e. The van der Waals surface area contributed by atoms with Gasteiger partial charge in [-0.3, -0.25) is 0 Å². The van der Waals surface area contributed by atoms with Crippen LogP contribution < -0.4 is 15.8 Å². The second-order valence-corrected chi connectivity index (χ2v) is 6.14. The maximum absolute atomic E-state index is 13.5. The van der Waals surface area contributed by atoms with Crippen LogP contribution in [-0.4, -0.2) is 32.2 Å². The number of nitrogens with two attached hydrogens (primary N) is 1. The highest BCUT2D eigenvalue weighted by atomic mass is 32.2. The van der Waals surface area contributed by atoms with Crippen molar-refractivity contribution in [2.75, 3.05) is 24.2 Å². The standard InChI is InChI=1S/C11H16FN3O2S2/c1-2-15-19(16,17)7-6-14-9-5-3-4-8(12)10(9)11(13)18/h3-5,14-15H,2,6-7H2,1H3,(H2,13,18). The van der Waals surface area contributed by atoms with Crippen molar-refractivity contribution in [2.24, 2.45) is 5.73 Å². The highest BCUT2D eigenvalue weighted by molar-refractivity contribution is 7.89. The molecule has 0 aliphatic heterocycles. The third kappa shape index (κ3) is 4.73. The summed E-state index contributed by atoms with van der Waals surface area (Å²) in [6, 6.07) is 4.34. The Morgan fingerprint density at radius 2 is 2.16 bits per heavy atom. The molecule has 0 radical (unpaired) electrons. The average molecular weight is 305 g/mol. The van der Waals surface area contributed by atoms with Crippen LogP contribution in [0.4, 0.5) is 10.1 Å². The van der Waals surface area contributed by atoms with Gasteiger partial charge in [-0.2, -0.15) is 0 Å². The lowest BCUT2D eigenvalue weighted by Crippen LogP contribution is -2.29. The summed E-state index contributed by atoms with van der Waals surface area (Å²) in [6.07, 6.45) is 0. The number of rotatable bonds is 7. The molecule has 0 heterocycles. The number of hydrogen-bond donors (Lipinski definition) is 3. The molecule has 0 saturated heterocycles. The highest BCUT2D eigenvalue weighted by Gasteiger charge is 2.12. The van der Waals surface area contributed by atoms with Gasteiger partial charge in [-0.05, 0) is 12.1 Å². The summed E-state index contributed by atoms with van der Waals surface area (Å²) in [6.45, 7) is 2.16. The first-order valence-electron chi connectivity index (χ1n) is 5.67. The van der Waals surface area contributed by atoms with Crippen molar-refractivity contribution >= 4 is 32.9 Å². The molecular formula is C11H16FN3O2S2. The second-order valence-electron chi connectivity index (χ2n) is 3.77. The van der Waals surface area contributed by atoms with E-state index in [4.69, 9.17) is 18.0 Å². The maximum atomic E-state index is 13.5. The van der Waals surface area contributed by atoms with Gasteiger partial charge in [0.05, 0.1) is 11.3 Å². The van der Waals surface area contributed by atoms with Crippen LogP contribution in [0.1, 0.15) is 12.5 Å². The molecule has 0 unspecified atom stereocenters. The predicted octanol–water partition coefficient (Wildman–Crippen LogP) is 0.811. The van der Waals surface area contributed by atoms with Crippen LogP contribution in [0.15, 0.2) is 18.2 Å². The molecule has 1 aromatic carbocycles. The van der Waals surface area contributed by atoms with Gasteiger partial charge in [0.2, 0.25) is 10.0 Å². The first-order valence-corrected chi connectivity index (χ1v) is 7.73. The predicted molar refractivity (Wildman–Crippen MR) is 78.2 cm³/mol. The van der Waals surface area contributed by atoms with Crippen LogP contribution in [0.25, 0.3) is 0 Å². The van der Waals surface area contributed by atoms with Crippen molar-refractivity contribution in [3.05, 3.63) is 29.6 Å². The van der Waals surface area contributed by atoms with Crippen LogP contribution >= 0.6 is 12.2 Å². The number of thiocarbonyl (C=S) groups is 1. The Balaban J connectivity index is 2.74. The Labute approximate surface area is 117 Å². The third-order valence-electron chi connectivity index (χ3n) is 2.31. The molecule has 4 N–H and O–H groups in total. The molecule has 1 aromatic rings. The number of sulfonamides is 1. The second kappa shape index (κ2) is 6.78.